The van der Waals surface area contributed by atoms with E-state index in [1.54, 1.807) is 13.8 Å². The normalized spacial score (nSPS) is 15.5. The van der Waals surface area contributed by atoms with Gasteiger partial charge in [-0.05, 0) is 5.92 Å². The largest absolute Gasteiger partial charge is 0.477 e. The zero-order valence-corrected chi connectivity index (χ0v) is 8.36. The molecule has 0 saturated carbocycles. The summed E-state index contributed by atoms with van der Waals surface area (Å²) in [5.74, 6) is -1.72. The molecule has 0 amide bonds. The highest BCUT2D eigenvalue weighted by Gasteiger charge is 2.27. The number of carboxylic acid groups (broad SMARTS) is 1. The van der Waals surface area contributed by atoms with Gasteiger partial charge >= 0.3 is 13.6 Å². The number of hydrogen-bond acceptors (Lipinski definition) is 2. The second-order valence-corrected chi connectivity index (χ2v) is 4.36. The van der Waals surface area contributed by atoms with E-state index >= 15 is 0 Å². The molecule has 0 heterocycles. The smallest absolute Gasteiger partial charge is 0.363 e. The van der Waals surface area contributed by atoms with E-state index in [2.05, 4.69) is 0 Å². The molecular weight excluding hydrogens is 195 g/mol. The van der Waals surface area contributed by atoms with Crippen LogP contribution in [0.1, 0.15) is 20.3 Å². The predicted octanol–water partition coefficient (Wildman–Crippen LogP) is 1.18. The molecule has 0 aliphatic carbocycles. The Labute approximate surface area is 76.2 Å². The highest BCUT2D eigenvalue weighted by Crippen LogP contribution is 2.45. The van der Waals surface area contributed by atoms with E-state index in [9.17, 15) is 9.36 Å². The SMILES string of the molecule is CC[C@H](C)C=C(C(=O)O)P(=O)(O)O. The summed E-state index contributed by atoms with van der Waals surface area (Å²) in [5, 5.41) is 7.68. The summed E-state index contributed by atoms with van der Waals surface area (Å²) in [6.07, 6.45) is 1.74. The minimum absolute atomic E-state index is 0.154. The van der Waals surface area contributed by atoms with Crippen LogP contribution in [0.25, 0.3) is 0 Å². The van der Waals surface area contributed by atoms with Crippen LogP contribution < -0.4 is 0 Å². The highest BCUT2D eigenvalue weighted by molar-refractivity contribution is 7.57. The average molecular weight is 208 g/mol. The molecule has 0 unspecified atom stereocenters. The van der Waals surface area contributed by atoms with Crippen LogP contribution in [0.4, 0.5) is 0 Å². The quantitative estimate of drug-likeness (QED) is 0.476. The number of carbonyl (C=O) groups is 1. The van der Waals surface area contributed by atoms with E-state index in [1.807, 2.05) is 0 Å². The van der Waals surface area contributed by atoms with Crippen molar-refractivity contribution in [3.05, 3.63) is 11.4 Å². The zero-order valence-electron chi connectivity index (χ0n) is 7.47. The number of allylic oxidation sites excluding steroid dienone is 1. The number of carboxylic acids is 1. The van der Waals surface area contributed by atoms with E-state index in [1.165, 1.54) is 0 Å². The molecular formula is C7H13O5P. The second kappa shape index (κ2) is 4.56. The molecule has 0 aromatic carbocycles. The Morgan fingerprint density at radius 1 is 1.54 bits per heavy atom. The number of hydrogen-bond donors (Lipinski definition) is 3. The Hall–Kier alpha value is -0.640. The molecule has 3 N–H and O–H groups in total. The third-order valence-electron chi connectivity index (χ3n) is 1.62. The van der Waals surface area contributed by atoms with Gasteiger partial charge in [-0.15, -0.1) is 0 Å². The van der Waals surface area contributed by atoms with Gasteiger partial charge in [-0.3, -0.25) is 4.57 Å². The molecule has 0 aromatic heterocycles. The van der Waals surface area contributed by atoms with Gasteiger partial charge in [0.2, 0.25) is 0 Å². The third kappa shape index (κ3) is 4.22. The fourth-order valence-electron chi connectivity index (χ4n) is 0.680. The molecule has 0 spiro atoms. The maximum absolute atomic E-state index is 10.7. The molecule has 0 saturated heterocycles. The molecule has 0 bridgehead atoms. The van der Waals surface area contributed by atoms with Crippen LogP contribution in [0, 0.1) is 5.92 Å². The van der Waals surface area contributed by atoms with Crippen molar-refractivity contribution in [2.75, 3.05) is 0 Å². The Balaban J connectivity index is 4.94. The maximum Gasteiger partial charge on any atom is 0.363 e. The molecule has 0 aromatic rings. The Bertz CT molecular complexity index is 264. The summed E-state index contributed by atoms with van der Waals surface area (Å²) in [6.45, 7) is 3.50. The lowest BCUT2D eigenvalue weighted by Crippen LogP contribution is -2.03. The van der Waals surface area contributed by atoms with Crippen molar-refractivity contribution in [1.82, 2.24) is 0 Å². The molecule has 13 heavy (non-hydrogen) atoms. The van der Waals surface area contributed by atoms with E-state index in [0.29, 0.717) is 6.42 Å². The van der Waals surface area contributed by atoms with Gasteiger partial charge in [0.1, 0.15) is 5.31 Å². The summed E-state index contributed by atoms with van der Waals surface area (Å²) in [6, 6.07) is 0. The van der Waals surface area contributed by atoms with Crippen LogP contribution in [0.15, 0.2) is 11.4 Å². The Kier molecular flexibility index (Phi) is 4.33. The Morgan fingerprint density at radius 3 is 2.23 bits per heavy atom. The van der Waals surface area contributed by atoms with Crippen molar-refractivity contribution in [3.63, 3.8) is 0 Å². The summed E-state index contributed by atoms with van der Waals surface area (Å²) in [5.41, 5.74) is 0. The van der Waals surface area contributed by atoms with Gasteiger partial charge in [0, 0.05) is 0 Å². The number of aliphatic carboxylic acids is 1. The fraction of sp³-hybridized carbons (Fsp3) is 0.571. The average Bonchev–Trinajstić information content (AvgIpc) is 1.96. The lowest BCUT2D eigenvalue weighted by Gasteiger charge is -2.07. The summed E-state index contributed by atoms with van der Waals surface area (Å²) in [7, 11) is -4.64. The summed E-state index contributed by atoms with van der Waals surface area (Å²) < 4.78 is 10.7. The van der Waals surface area contributed by atoms with Crippen molar-refractivity contribution < 1.29 is 24.3 Å². The second-order valence-electron chi connectivity index (χ2n) is 2.79. The van der Waals surface area contributed by atoms with Crippen LogP contribution in [0.2, 0.25) is 0 Å². The van der Waals surface area contributed by atoms with Gasteiger partial charge in [-0.1, -0.05) is 26.3 Å². The van der Waals surface area contributed by atoms with Gasteiger partial charge < -0.3 is 14.9 Å². The first kappa shape index (κ1) is 12.4. The molecule has 0 aliphatic rings. The van der Waals surface area contributed by atoms with Crippen LogP contribution in [0.5, 0.6) is 0 Å². The van der Waals surface area contributed by atoms with Gasteiger partial charge in [0.05, 0.1) is 0 Å². The molecule has 76 valence electrons. The van der Waals surface area contributed by atoms with Crippen LogP contribution in [0.3, 0.4) is 0 Å². The molecule has 0 fully saturated rings. The topological polar surface area (TPSA) is 94.8 Å². The van der Waals surface area contributed by atoms with E-state index in [-0.39, 0.29) is 5.92 Å². The van der Waals surface area contributed by atoms with Crippen molar-refractivity contribution in [3.8, 4) is 0 Å². The van der Waals surface area contributed by atoms with Gasteiger partial charge in [0.25, 0.3) is 0 Å². The van der Waals surface area contributed by atoms with Gasteiger partial charge in [0.15, 0.2) is 0 Å². The van der Waals surface area contributed by atoms with Crippen molar-refractivity contribution in [1.29, 1.82) is 0 Å². The van der Waals surface area contributed by atoms with Crippen LogP contribution >= 0.6 is 7.60 Å². The van der Waals surface area contributed by atoms with Crippen LogP contribution in [-0.2, 0) is 9.36 Å². The lowest BCUT2D eigenvalue weighted by molar-refractivity contribution is -0.132. The first-order valence-electron chi connectivity index (χ1n) is 3.80. The zero-order chi connectivity index (χ0) is 10.6. The summed E-state index contributed by atoms with van der Waals surface area (Å²) in [4.78, 5) is 27.7. The van der Waals surface area contributed by atoms with Crippen molar-refractivity contribution in [2.45, 2.75) is 20.3 Å². The molecule has 0 rings (SSSR count). The van der Waals surface area contributed by atoms with Gasteiger partial charge in [-0.25, -0.2) is 4.79 Å². The molecule has 6 heteroatoms. The first-order chi connectivity index (χ1) is 5.79. The number of rotatable bonds is 4. The molecule has 0 aliphatic heterocycles. The molecule has 0 radical (unpaired) electrons. The molecule has 1 atom stereocenters. The van der Waals surface area contributed by atoms with E-state index in [0.717, 1.165) is 6.08 Å². The van der Waals surface area contributed by atoms with Crippen molar-refractivity contribution in [2.24, 2.45) is 5.92 Å². The third-order valence-corrected chi connectivity index (χ3v) is 2.59. The minimum atomic E-state index is -4.64. The van der Waals surface area contributed by atoms with Crippen molar-refractivity contribution >= 4 is 13.6 Å². The lowest BCUT2D eigenvalue weighted by atomic mass is 10.1. The summed E-state index contributed by atoms with van der Waals surface area (Å²) >= 11 is 0. The van der Waals surface area contributed by atoms with E-state index < -0.39 is 18.9 Å². The fourth-order valence-corrected chi connectivity index (χ4v) is 1.38. The van der Waals surface area contributed by atoms with Gasteiger partial charge in [-0.2, -0.15) is 0 Å². The monoisotopic (exact) mass is 208 g/mol. The highest BCUT2D eigenvalue weighted by atomic mass is 31.2. The Morgan fingerprint density at radius 2 is 2.00 bits per heavy atom. The molecule has 5 nitrogen and oxygen atoms in total. The standard InChI is InChI=1S/C7H13O5P/c1-3-5(2)4-6(7(8)9)13(10,11)12/h4-5H,3H2,1-2H3,(H,8,9)(H2,10,11,12)/t5-/m0/s1. The first-order valence-corrected chi connectivity index (χ1v) is 5.41. The predicted molar refractivity (Wildman–Crippen MR) is 47.2 cm³/mol. The van der Waals surface area contributed by atoms with E-state index in [4.69, 9.17) is 14.9 Å². The maximum atomic E-state index is 10.7. The van der Waals surface area contributed by atoms with Crippen LogP contribution in [-0.4, -0.2) is 20.9 Å². The minimum Gasteiger partial charge on any atom is -0.477 e.